The maximum atomic E-state index is 10.6. The Balaban J connectivity index is 2.24. The molecule has 0 aliphatic carbocycles. The fraction of sp³-hybridized carbons (Fsp3) is 0.0909. The fourth-order valence-corrected chi connectivity index (χ4v) is 1.19. The van der Waals surface area contributed by atoms with E-state index in [2.05, 4.69) is 5.16 Å². The monoisotopic (exact) mass is 203 g/mol. The smallest absolute Gasteiger partial charge is 0.319 e. The molecule has 0 aliphatic rings. The van der Waals surface area contributed by atoms with E-state index in [1.807, 2.05) is 30.3 Å². The van der Waals surface area contributed by atoms with Gasteiger partial charge in [-0.15, -0.1) is 0 Å². The summed E-state index contributed by atoms with van der Waals surface area (Å²) in [5.74, 6) is -0.313. The zero-order chi connectivity index (χ0) is 10.7. The molecule has 2 rings (SSSR count). The molecule has 0 saturated carbocycles. The molecule has 0 bridgehead atoms. The van der Waals surface area contributed by atoms with Crippen LogP contribution in [-0.4, -0.2) is 11.1 Å². The molecule has 0 unspecified atom stereocenters. The van der Waals surface area contributed by atoms with Crippen molar-refractivity contribution in [1.29, 1.82) is 0 Å². The largest absolute Gasteiger partial charge is 0.391 e. The first-order valence-electron chi connectivity index (χ1n) is 4.46. The number of nitrogens with zero attached hydrogens (tertiary/aromatic N) is 1. The maximum Gasteiger partial charge on any atom is 0.319 e. The Bertz CT molecular complexity index is 462. The Hall–Kier alpha value is -2.10. The topological polar surface area (TPSA) is 52.3 Å². The highest BCUT2D eigenvalue weighted by molar-refractivity contribution is 5.69. The van der Waals surface area contributed by atoms with E-state index in [9.17, 15) is 4.79 Å². The lowest BCUT2D eigenvalue weighted by Crippen LogP contribution is -1.99. The van der Waals surface area contributed by atoms with E-state index in [1.54, 1.807) is 6.07 Å². The van der Waals surface area contributed by atoms with Crippen LogP contribution in [0.1, 0.15) is 6.92 Å². The first kappa shape index (κ1) is 9.45. The van der Waals surface area contributed by atoms with Crippen LogP contribution in [0.5, 0.6) is 5.95 Å². The van der Waals surface area contributed by atoms with Crippen LogP contribution in [0.3, 0.4) is 0 Å². The lowest BCUT2D eigenvalue weighted by Gasteiger charge is -1.91. The van der Waals surface area contributed by atoms with Crippen molar-refractivity contribution in [2.24, 2.45) is 0 Å². The SMILES string of the molecule is CC(=O)Oc1cc(-c2ccccc2)no1. The van der Waals surface area contributed by atoms with E-state index in [0.717, 1.165) is 5.56 Å². The summed E-state index contributed by atoms with van der Waals surface area (Å²) in [6, 6.07) is 11.1. The van der Waals surface area contributed by atoms with Crippen molar-refractivity contribution >= 4 is 5.97 Å². The number of esters is 1. The lowest BCUT2D eigenvalue weighted by atomic mass is 10.2. The molecule has 0 fully saturated rings. The predicted octanol–water partition coefficient (Wildman–Crippen LogP) is 2.27. The Morgan fingerprint density at radius 1 is 1.33 bits per heavy atom. The molecule has 0 aliphatic heterocycles. The Labute approximate surface area is 86.5 Å². The number of aromatic nitrogens is 1. The molecule has 4 nitrogen and oxygen atoms in total. The minimum absolute atomic E-state index is 0.112. The number of rotatable bonds is 2. The number of benzene rings is 1. The van der Waals surface area contributed by atoms with Gasteiger partial charge in [-0.25, -0.2) is 0 Å². The third-order valence-corrected chi connectivity index (χ3v) is 1.80. The molecular weight excluding hydrogens is 194 g/mol. The van der Waals surface area contributed by atoms with E-state index in [4.69, 9.17) is 9.26 Å². The summed E-state index contributed by atoms with van der Waals surface area (Å²) in [6.07, 6.45) is 0. The van der Waals surface area contributed by atoms with E-state index < -0.39 is 5.97 Å². The van der Waals surface area contributed by atoms with Gasteiger partial charge in [0.2, 0.25) is 0 Å². The zero-order valence-corrected chi connectivity index (χ0v) is 8.14. The van der Waals surface area contributed by atoms with E-state index in [0.29, 0.717) is 5.69 Å². The van der Waals surface area contributed by atoms with Crippen LogP contribution in [0.15, 0.2) is 40.9 Å². The first-order chi connectivity index (χ1) is 7.25. The Morgan fingerprint density at radius 3 is 2.73 bits per heavy atom. The van der Waals surface area contributed by atoms with Crippen molar-refractivity contribution in [3.63, 3.8) is 0 Å². The summed E-state index contributed by atoms with van der Waals surface area (Å²) in [5, 5.41) is 3.79. The van der Waals surface area contributed by atoms with Crippen molar-refractivity contribution in [3.8, 4) is 17.2 Å². The van der Waals surface area contributed by atoms with Gasteiger partial charge in [0.25, 0.3) is 0 Å². The van der Waals surface area contributed by atoms with Gasteiger partial charge in [-0.05, 0) is 0 Å². The normalized spacial score (nSPS) is 9.93. The highest BCUT2D eigenvalue weighted by atomic mass is 16.6. The van der Waals surface area contributed by atoms with Crippen LogP contribution in [0.2, 0.25) is 0 Å². The van der Waals surface area contributed by atoms with E-state index >= 15 is 0 Å². The van der Waals surface area contributed by atoms with Gasteiger partial charge in [0.1, 0.15) is 5.69 Å². The third kappa shape index (κ3) is 2.22. The summed E-state index contributed by atoms with van der Waals surface area (Å²) in [5.41, 5.74) is 1.56. The number of carbonyl (C=O) groups excluding carboxylic acids is 1. The van der Waals surface area contributed by atoms with Crippen LogP contribution in [0, 0.1) is 0 Å². The Kier molecular flexibility index (Phi) is 2.49. The molecular formula is C11H9NO3. The number of hydrogen-bond acceptors (Lipinski definition) is 4. The minimum Gasteiger partial charge on any atom is -0.391 e. The second kappa shape index (κ2) is 3.96. The highest BCUT2D eigenvalue weighted by Crippen LogP contribution is 2.22. The van der Waals surface area contributed by atoms with Gasteiger partial charge in [0.15, 0.2) is 0 Å². The van der Waals surface area contributed by atoms with E-state index in [1.165, 1.54) is 6.92 Å². The van der Waals surface area contributed by atoms with Crippen LogP contribution in [0.25, 0.3) is 11.3 Å². The second-order valence-electron chi connectivity index (χ2n) is 2.99. The molecule has 0 N–H and O–H groups in total. The van der Waals surface area contributed by atoms with E-state index in [-0.39, 0.29) is 5.95 Å². The van der Waals surface area contributed by atoms with Crippen LogP contribution in [0.4, 0.5) is 0 Å². The van der Waals surface area contributed by atoms with Crippen molar-refractivity contribution in [2.75, 3.05) is 0 Å². The number of hydrogen-bond donors (Lipinski definition) is 0. The van der Waals surface area contributed by atoms with Gasteiger partial charge in [0, 0.05) is 12.5 Å². The molecule has 0 atom stereocenters. The van der Waals surface area contributed by atoms with Crippen molar-refractivity contribution in [3.05, 3.63) is 36.4 Å². The number of ether oxygens (including phenoxy) is 1. The molecule has 15 heavy (non-hydrogen) atoms. The average molecular weight is 203 g/mol. The summed E-state index contributed by atoms with van der Waals surface area (Å²) in [4.78, 5) is 10.6. The Morgan fingerprint density at radius 2 is 2.07 bits per heavy atom. The van der Waals surface area contributed by atoms with Crippen LogP contribution >= 0.6 is 0 Å². The molecule has 0 amide bonds. The van der Waals surface area contributed by atoms with Gasteiger partial charge in [0.05, 0.1) is 6.07 Å². The molecule has 4 heteroatoms. The molecule has 1 aromatic heterocycles. The van der Waals surface area contributed by atoms with Crippen LogP contribution in [-0.2, 0) is 4.79 Å². The summed E-state index contributed by atoms with van der Waals surface area (Å²) in [6.45, 7) is 1.31. The predicted molar refractivity (Wildman–Crippen MR) is 53.2 cm³/mol. The summed E-state index contributed by atoms with van der Waals surface area (Å²) < 4.78 is 9.59. The highest BCUT2D eigenvalue weighted by Gasteiger charge is 2.08. The van der Waals surface area contributed by atoms with Crippen molar-refractivity contribution in [2.45, 2.75) is 6.92 Å². The fourth-order valence-electron chi connectivity index (χ4n) is 1.19. The maximum absolute atomic E-state index is 10.6. The second-order valence-corrected chi connectivity index (χ2v) is 2.99. The van der Waals surface area contributed by atoms with Crippen molar-refractivity contribution < 1.29 is 14.1 Å². The van der Waals surface area contributed by atoms with Gasteiger partial charge in [-0.1, -0.05) is 35.5 Å². The molecule has 1 heterocycles. The standard InChI is InChI=1S/C11H9NO3/c1-8(13)14-11-7-10(12-15-11)9-5-3-2-4-6-9/h2-7H,1H3. The molecule has 1 aromatic carbocycles. The molecule has 0 spiro atoms. The minimum atomic E-state index is -0.425. The molecule has 2 aromatic rings. The molecule has 0 radical (unpaired) electrons. The van der Waals surface area contributed by atoms with Crippen LogP contribution < -0.4 is 4.74 Å². The van der Waals surface area contributed by atoms with Gasteiger partial charge < -0.3 is 9.26 Å². The molecule has 0 saturated heterocycles. The zero-order valence-electron chi connectivity index (χ0n) is 8.14. The quantitative estimate of drug-likeness (QED) is 0.702. The summed E-state index contributed by atoms with van der Waals surface area (Å²) >= 11 is 0. The number of carbonyl (C=O) groups is 1. The lowest BCUT2D eigenvalue weighted by molar-refractivity contribution is -0.133. The third-order valence-electron chi connectivity index (χ3n) is 1.80. The first-order valence-corrected chi connectivity index (χ1v) is 4.46. The molecule has 76 valence electrons. The van der Waals surface area contributed by atoms with Gasteiger partial charge in [-0.3, -0.25) is 4.79 Å². The van der Waals surface area contributed by atoms with Crippen molar-refractivity contribution in [1.82, 2.24) is 5.16 Å². The average Bonchev–Trinajstić information content (AvgIpc) is 2.67. The summed E-state index contributed by atoms with van der Waals surface area (Å²) in [7, 11) is 0. The van der Waals surface area contributed by atoms with Gasteiger partial charge >= 0.3 is 11.9 Å². The van der Waals surface area contributed by atoms with Gasteiger partial charge in [-0.2, -0.15) is 0 Å².